The third-order valence-corrected chi connectivity index (χ3v) is 5.59. The first-order chi connectivity index (χ1) is 9.84. The van der Waals surface area contributed by atoms with Crippen LogP contribution in [0.1, 0.15) is 19.3 Å². The van der Waals surface area contributed by atoms with Gasteiger partial charge in [-0.15, -0.1) is 0 Å². The number of amides is 1. The number of rotatable bonds is 5. The van der Waals surface area contributed by atoms with Crippen LogP contribution in [0.5, 0.6) is 0 Å². The van der Waals surface area contributed by atoms with Crippen LogP contribution in [0.25, 0.3) is 0 Å². The van der Waals surface area contributed by atoms with Crippen LogP contribution in [0.2, 0.25) is 0 Å². The first-order valence-corrected chi connectivity index (χ1v) is 8.66. The maximum Gasteiger partial charge on any atom is 0.332 e. The van der Waals surface area contributed by atoms with Gasteiger partial charge in [0.1, 0.15) is 6.10 Å². The monoisotopic (exact) mass is 321 g/mol. The zero-order valence-electron chi connectivity index (χ0n) is 11.5. The molecule has 0 aromatic heterocycles. The van der Waals surface area contributed by atoms with E-state index in [4.69, 9.17) is 14.9 Å². The number of ether oxygens (including phenoxy) is 1. The van der Waals surface area contributed by atoms with Gasteiger partial charge >= 0.3 is 5.97 Å². The average molecular weight is 321 g/mol. The van der Waals surface area contributed by atoms with Crippen molar-refractivity contribution in [3.63, 3.8) is 0 Å². The van der Waals surface area contributed by atoms with Gasteiger partial charge in [0.05, 0.1) is 18.1 Å². The second kappa shape index (κ2) is 6.29. The van der Waals surface area contributed by atoms with Gasteiger partial charge in [-0.05, 0) is 19.3 Å². The van der Waals surface area contributed by atoms with E-state index < -0.39 is 40.0 Å². The van der Waals surface area contributed by atoms with Crippen molar-refractivity contribution >= 4 is 21.7 Å². The zero-order valence-corrected chi connectivity index (χ0v) is 12.3. The molecule has 0 aromatic rings. The van der Waals surface area contributed by atoms with Crippen LogP contribution in [-0.4, -0.2) is 78.3 Å². The Balaban J connectivity index is 2.05. The largest absolute Gasteiger partial charge is 0.479 e. The van der Waals surface area contributed by atoms with Gasteiger partial charge in [-0.1, -0.05) is 0 Å². The van der Waals surface area contributed by atoms with E-state index in [9.17, 15) is 18.0 Å². The molecule has 2 rings (SSSR count). The van der Waals surface area contributed by atoms with Crippen LogP contribution in [0.4, 0.5) is 0 Å². The highest BCUT2D eigenvalue weighted by Gasteiger charge is 2.41. The molecule has 0 saturated carbocycles. The molecule has 0 aliphatic carbocycles. The van der Waals surface area contributed by atoms with Gasteiger partial charge in [-0.25, -0.2) is 13.2 Å². The van der Waals surface area contributed by atoms with Crippen LogP contribution in [-0.2, 0) is 24.2 Å². The summed E-state index contributed by atoms with van der Waals surface area (Å²) in [5, 5.41) is 17.9. The predicted molar refractivity (Wildman–Crippen MR) is 71.4 cm³/mol. The first-order valence-electron chi connectivity index (χ1n) is 6.84. The minimum Gasteiger partial charge on any atom is -0.479 e. The van der Waals surface area contributed by atoms with E-state index in [0.717, 1.165) is 0 Å². The van der Waals surface area contributed by atoms with Gasteiger partial charge in [0.2, 0.25) is 0 Å². The zero-order chi connectivity index (χ0) is 15.6. The summed E-state index contributed by atoms with van der Waals surface area (Å²) in [6, 6.07) is -0.470. The fraction of sp³-hybridized carbons (Fsp3) is 0.833. The molecule has 3 unspecified atom stereocenters. The number of carbonyl (C=O) groups excluding carboxylic acids is 1. The number of hydrogen-bond acceptors (Lipinski definition) is 6. The Morgan fingerprint density at radius 2 is 1.86 bits per heavy atom. The summed E-state index contributed by atoms with van der Waals surface area (Å²) < 4.78 is 28.3. The molecule has 2 fully saturated rings. The van der Waals surface area contributed by atoms with Crippen molar-refractivity contribution in [1.82, 2.24) is 4.90 Å². The lowest BCUT2D eigenvalue weighted by Gasteiger charge is -2.29. The summed E-state index contributed by atoms with van der Waals surface area (Å²) in [5.74, 6) is -1.64. The van der Waals surface area contributed by atoms with Crippen molar-refractivity contribution in [2.24, 2.45) is 0 Å². The lowest BCUT2D eigenvalue weighted by molar-refractivity contribution is -0.155. The van der Waals surface area contributed by atoms with E-state index in [0.29, 0.717) is 6.42 Å². The quantitative estimate of drug-likeness (QED) is 0.640. The third-order valence-electron chi connectivity index (χ3n) is 3.84. The van der Waals surface area contributed by atoms with Crippen LogP contribution in [0.15, 0.2) is 0 Å². The molecule has 0 spiro atoms. The second-order valence-electron chi connectivity index (χ2n) is 5.34. The normalized spacial score (nSPS) is 31.2. The van der Waals surface area contributed by atoms with Gasteiger partial charge in [0.15, 0.2) is 15.9 Å². The molecule has 3 atom stereocenters. The lowest BCUT2D eigenvalue weighted by Crippen LogP contribution is -2.47. The number of hydrogen-bond donors (Lipinski definition) is 2. The Bertz CT molecular complexity index is 518. The van der Waals surface area contributed by atoms with Crippen LogP contribution < -0.4 is 0 Å². The molecule has 2 aliphatic heterocycles. The van der Waals surface area contributed by atoms with Gasteiger partial charge in [0, 0.05) is 12.6 Å². The van der Waals surface area contributed by atoms with E-state index in [-0.39, 0.29) is 37.5 Å². The summed E-state index contributed by atoms with van der Waals surface area (Å²) in [6.45, 7) is -0.256. The molecule has 9 heteroatoms. The Hall–Kier alpha value is -1.19. The van der Waals surface area contributed by atoms with Crippen LogP contribution >= 0.6 is 0 Å². The highest BCUT2D eigenvalue weighted by atomic mass is 32.2. The number of carboxylic acid groups (broad SMARTS) is 1. The fourth-order valence-corrected chi connectivity index (χ4v) is 4.52. The maximum atomic E-state index is 12.4. The summed E-state index contributed by atoms with van der Waals surface area (Å²) in [6.07, 6.45) is -0.995. The van der Waals surface area contributed by atoms with E-state index in [1.165, 1.54) is 4.90 Å². The molecule has 1 amide bonds. The van der Waals surface area contributed by atoms with E-state index in [1.807, 2.05) is 0 Å². The highest BCUT2D eigenvalue weighted by Crippen LogP contribution is 2.25. The molecule has 2 heterocycles. The highest BCUT2D eigenvalue weighted by molar-refractivity contribution is 7.91. The van der Waals surface area contributed by atoms with E-state index >= 15 is 0 Å². The molecule has 2 saturated heterocycles. The average Bonchev–Trinajstić information content (AvgIpc) is 3.01. The van der Waals surface area contributed by atoms with Gasteiger partial charge in [-0.3, -0.25) is 4.79 Å². The predicted octanol–water partition coefficient (Wildman–Crippen LogP) is -1.37. The Labute approximate surface area is 122 Å². The number of nitrogens with zero attached hydrogens (tertiary/aromatic N) is 1. The fourth-order valence-electron chi connectivity index (χ4n) is 2.79. The van der Waals surface area contributed by atoms with Crippen molar-refractivity contribution in [1.29, 1.82) is 0 Å². The molecule has 0 aromatic carbocycles. The molecule has 0 bridgehead atoms. The number of aliphatic hydroxyl groups is 1. The van der Waals surface area contributed by atoms with E-state index in [1.54, 1.807) is 0 Å². The standard InChI is InChI=1S/C12H19NO7S/c14-5-4-13(8-3-6-21(18,19)7-8)11(15)9-1-2-10(20-9)12(16)17/h8-10,14H,1-7H2,(H,16,17). The SMILES string of the molecule is O=C(O)C1CCC(C(=O)N(CCO)C2CCS(=O)(=O)C2)O1. The number of aliphatic hydroxyl groups excluding tert-OH is 1. The summed E-state index contributed by atoms with van der Waals surface area (Å²) in [7, 11) is -3.15. The second-order valence-corrected chi connectivity index (χ2v) is 7.57. The number of aliphatic carboxylic acids is 1. The number of carboxylic acids is 1. The maximum absolute atomic E-state index is 12.4. The van der Waals surface area contributed by atoms with Crippen molar-refractivity contribution in [2.45, 2.75) is 37.5 Å². The first kappa shape index (κ1) is 16.2. The summed E-state index contributed by atoms with van der Waals surface area (Å²) in [5.41, 5.74) is 0. The molecule has 2 aliphatic rings. The van der Waals surface area contributed by atoms with E-state index in [2.05, 4.69) is 0 Å². The number of sulfone groups is 1. The molecule has 2 N–H and O–H groups in total. The lowest BCUT2D eigenvalue weighted by atomic mass is 10.1. The number of carbonyl (C=O) groups is 2. The molecule has 21 heavy (non-hydrogen) atoms. The molecular formula is C12H19NO7S. The molecule has 8 nitrogen and oxygen atoms in total. The third kappa shape index (κ3) is 3.72. The Kier molecular flexibility index (Phi) is 4.84. The Morgan fingerprint density at radius 3 is 2.33 bits per heavy atom. The molecule has 0 radical (unpaired) electrons. The summed E-state index contributed by atoms with van der Waals surface area (Å²) >= 11 is 0. The van der Waals surface area contributed by atoms with Crippen LogP contribution in [0.3, 0.4) is 0 Å². The van der Waals surface area contributed by atoms with Gasteiger partial charge in [0.25, 0.3) is 5.91 Å². The van der Waals surface area contributed by atoms with Gasteiger partial charge in [-0.2, -0.15) is 0 Å². The Morgan fingerprint density at radius 1 is 1.19 bits per heavy atom. The van der Waals surface area contributed by atoms with Crippen molar-refractivity contribution in [2.75, 3.05) is 24.7 Å². The molecular weight excluding hydrogens is 302 g/mol. The van der Waals surface area contributed by atoms with Gasteiger partial charge < -0.3 is 19.8 Å². The van der Waals surface area contributed by atoms with Crippen molar-refractivity contribution < 1.29 is 33.0 Å². The topological polar surface area (TPSA) is 121 Å². The van der Waals surface area contributed by atoms with Crippen molar-refractivity contribution in [3.8, 4) is 0 Å². The molecule has 120 valence electrons. The summed E-state index contributed by atoms with van der Waals surface area (Å²) in [4.78, 5) is 24.6. The van der Waals surface area contributed by atoms with Crippen LogP contribution in [0, 0.1) is 0 Å². The minimum atomic E-state index is -3.15. The minimum absolute atomic E-state index is 0.0240. The van der Waals surface area contributed by atoms with Crippen molar-refractivity contribution in [3.05, 3.63) is 0 Å². The smallest absolute Gasteiger partial charge is 0.332 e.